The van der Waals surface area contributed by atoms with Crippen LogP contribution in [0.5, 0.6) is 0 Å². The minimum Gasteiger partial charge on any atom is -0.391 e. The van der Waals surface area contributed by atoms with Crippen molar-refractivity contribution in [3.05, 3.63) is 232 Å². The van der Waals surface area contributed by atoms with Crippen LogP contribution in [0.25, 0.3) is 11.2 Å². The smallest absolute Gasteiger partial charge is 0.280 e. The number of fused-ring (bicyclic) bond motifs is 1. The van der Waals surface area contributed by atoms with E-state index in [4.69, 9.17) is 9.72 Å². The van der Waals surface area contributed by atoms with E-state index in [1.165, 1.54) is 0 Å². The fourth-order valence-corrected chi connectivity index (χ4v) is 7.54. The van der Waals surface area contributed by atoms with Gasteiger partial charge in [-0.05, 0) is 39.8 Å². The van der Waals surface area contributed by atoms with Crippen molar-refractivity contribution >= 4 is 17.1 Å². The predicted molar refractivity (Wildman–Crippen MR) is 217 cm³/mol. The van der Waals surface area contributed by atoms with Gasteiger partial charge in [-0.1, -0.05) is 182 Å². The lowest BCUT2D eigenvalue weighted by atomic mass is 9.77. The highest BCUT2D eigenvalue weighted by molar-refractivity contribution is 5.71. The number of nitrogens with one attached hydrogen (secondary N) is 2. The maximum absolute atomic E-state index is 13.6. The first-order chi connectivity index (χ1) is 27.1. The summed E-state index contributed by atoms with van der Waals surface area (Å²) in [6.45, 7) is 0.410. The molecule has 6 aromatic carbocycles. The quantitative estimate of drug-likeness (QED) is 0.0976. The number of anilines is 1. The Morgan fingerprint density at radius 3 is 1.44 bits per heavy atom. The van der Waals surface area contributed by atoms with Gasteiger partial charge in [0.05, 0.1) is 25.6 Å². The van der Waals surface area contributed by atoms with Crippen molar-refractivity contribution in [1.29, 1.82) is 0 Å². The van der Waals surface area contributed by atoms with Gasteiger partial charge in [0, 0.05) is 0 Å². The van der Waals surface area contributed by atoms with Gasteiger partial charge in [0.1, 0.15) is 11.1 Å². The van der Waals surface area contributed by atoms with Crippen molar-refractivity contribution in [1.82, 2.24) is 19.5 Å². The zero-order valence-electron chi connectivity index (χ0n) is 30.2. The Morgan fingerprint density at radius 1 is 0.618 bits per heavy atom. The summed E-state index contributed by atoms with van der Waals surface area (Å²) in [4.78, 5) is 25.9. The number of aromatic amines is 1. The summed E-state index contributed by atoms with van der Waals surface area (Å²) >= 11 is 0. The Morgan fingerprint density at radius 2 is 1.02 bits per heavy atom. The molecule has 2 aromatic heterocycles. The fourth-order valence-electron chi connectivity index (χ4n) is 7.54. The number of ether oxygens (including phenoxy) is 1. The number of benzene rings is 6. The summed E-state index contributed by atoms with van der Waals surface area (Å²) in [7, 11) is 0. The molecule has 0 aliphatic rings. The Hall–Kier alpha value is -6.61. The Labute approximate surface area is 319 Å². The molecule has 0 bridgehead atoms. The van der Waals surface area contributed by atoms with Gasteiger partial charge in [-0.2, -0.15) is 4.98 Å². The van der Waals surface area contributed by atoms with Gasteiger partial charge in [-0.25, -0.2) is 4.98 Å². The van der Waals surface area contributed by atoms with Crippen LogP contribution in [0.2, 0.25) is 0 Å². The molecule has 8 aromatic rings. The summed E-state index contributed by atoms with van der Waals surface area (Å²) in [6, 6.07) is 60.8. The van der Waals surface area contributed by atoms with Crippen LogP contribution in [0.4, 0.5) is 5.95 Å². The molecule has 0 spiro atoms. The van der Waals surface area contributed by atoms with Crippen LogP contribution in [0.1, 0.15) is 39.8 Å². The minimum atomic E-state index is -0.905. The second-order valence-corrected chi connectivity index (χ2v) is 13.5. The molecule has 1 unspecified atom stereocenters. The number of nitrogens with zero attached hydrogens (tertiary/aromatic N) is 3. The van der Waals surface area contributed by atoms with Crippen LogP contribution in [0, 0.1) is 0 Å². The average molecular weight is 724 g/mol. The van der Waals surface area contributed by atoms with Crippen molar-refractivity contribution < 1.29 is 9.84 Å². The number of H-pyrrole nitrogens is 1. The SMILES string of the molecule is O=c1[nH]c(NC(c2ccccc2)(c2ccccc2)c2ccccc2)nc2c1ncn2CC(O)CCOC(c1ccccc1)(c1ccccc1)c1ccccc1. The molecule has 0 aliphatic heterocycles. The lowest BCUT2D eigenvalue weighted by Gasteiger charge is -2.37. The third-order valence-corrected chi connectivity index (χ3v) is 10.1. The summed E-state index contributed by atoms with van der Waals surface area (Å²) in [5.41, 5.74) is 4.24. The van der Waals surface area contributed by atoms with Crippen LogP contribution < -0.4 is 10.9 Å². The molecular weight excluding hydrogens is 683 g/mol. The molecule has 272 valence electrons. The molecule has 0 amide bonds. The molecule has 0 fully saturated rings. The third kappa shape index (κ3) is 6.97. The highest BCUT2D eigenvalue weighted by Gasteiger charge is 2.39. The number of aliphatic hydroxyl groups is 1. The summed E-state index contributed by atoms with van der Waals surface area (Å²) in [5, 5.41) is 15.2. The zero-order valence-corrected chi connectivity index (χ0v) is 30.2. The van der Waals surface area contributed by atoms with Gasteiger partial charge in [-0.15, -0.1) is 0 Å². The number of rotatable bonds is 14. The molecule has 8 rings (SSSR count). The van der Waals surface area contributed by atoms with Crippen molar-refractivity contribution in [2.24, 2.45) is 0 Å². The van der Waals surface area contributed by atoms with Crippen LogP contribution in [-0.2, 0) is 22.4 Å². The highest BCUT2D eigenvalue weighted by atomic mass is 16.5. The number of aromatic nitrogens is 4. The van der Waals surface area contributed by atoms with Crippen molar-refractivity contribution in [2.75, 3.05) is 11.9 Å². The van der Waals surface area contributed by atoms with Crippen LogP contribution >= 0.6 is 0 Å². The molecule has 0 saturated heterocycles. The normalized spacial score (nSPS) is 12.4. The monoisotopic (exact) mass is 723 g/mol. The van der Waals surface area contributed by atoms with E-state index in [0.717, 1.165) is 33.4 Å². The fraction of sp³-hybridized carbons (Fsp3) is 0.128. The molecule has 0 radical (unpaired) electrons. The first kappa shape index (κ1) is 35.4. The second-order valence-electron chi connectivity index (χ2n) is 13.5. The zero-order chi connectivity index (χ0) is 37.5. The molecule has 55 heavy (non-hydrogen) atoms. The van der Waals surface area contributed by atoms with E-state index in [2.05, 4.69) is 88.1 Å². The Balaban J connectivity index is 1.10. The Kier molecular flexibility index (Phi) is 10.2. The number of aliphatic hydroxyl groups excluding tert-OH is 1. The second kappa shape index (κ2) is 15.8. The summed E-state index contributed by atoms with van der Waals surface area (Å²) in [5.74, 6) is 0.270. The van der Waals surface area contributed by atoms with Crippen LogP contribution in [0.3, 0.4) is 0 Å². The molecule has 3 N–H and O–H groups in total. The molecule has 0 aliphatic carbocycles. The largest absolute Gasteiger partial charge is 0.391 e. The van der Waals surface area contributed by atoms with Gasteiger partial charge >= 0.3 is 0 Å². The van der Waals surface area contributed by atoms with Gasteiger partial charge < -0.3 is 19.7 Å². The number of hydrogen-bond donors (Lipinski definition) is 3. The van der Waals surface area contributed by atoms with E-state index in [0.29, 0.717) is 12.1 Å². The molecule has 2 heterocycles. The van der Waals surface area contributed by atoms with E-state index in [9.17, 15) is 9.90 Å². The molecule has 1 atom stereocenters. The van der Waals surface area contributed by atoms with E-state index < -0.39 is 17.2 Å². The number of hydrogen-bond acceptors (Lipinski definition) is 6. The Bertz CT molecular complexity index is 2300. The van der Waals surface area contributed by atoms with Crippen molar-refractivity contribution in [3.63, 3.8) is 0 Å². The topological polar surface area (TPSA) is 105 Å². The maximum atomic E-state index is 13.6. The van der Waals surface area contributed by atoms with E-state index in [-0.39, 0.29) is 30.2 Å². The van der Waals surface area contributed by atoms with Crippen molar-refractivity contribution in [2.45, 2.75) is 30.2 Å². The lowest BCUT2D eigenvalue weighted by Crippen LogP contribution is -2.39. The summed E-state index contributed by atoms with van der Waals surface area (Å²) < 4.78 is 8.65. The third-order valence-electron chi connectivity index (χ3n) is 10.1. The molecular formula is C47H41N5O3. The van der Waals surface area contributed by atoms with Gasteiger partial charge in [0.25, 0.3) is 5.56 Å². The van der Waals surface area contributed by atoms with Gasteiger partial charge in [0.15, 0.2) is 11.2 Å². The standard InChI is InChI=1S/C47H41N5O3/c53-41(31-32-55-47(38-25-13-4-14-26-38,39-27-15-5-16-28-39)40-29-17-6-18-30-40)33-52-34-48-42-43(52)49-45(50-44(42)54)51-46(35-19-7-1-8-20-35,36-21-9-2-10-22-36)37-23-11-3-12-24-37/h1-30,34,41,53H,31-33H2,(H2,49,50,51,54). The van der Waals surface area contributed by atoms with E-state index >= 15 is 0 Å². The van der Waals surface area contributed by atoms with Gasteiger partial charge in [0.2, 0.25) is 5.95 Å². The molecule has 8 heteroatoms. The molecule has 0 saturated carbocycles. The average Bonchev–Trinajstić information content (AvgIpc) is 3.66. The van der Waals surface area contributed by atoms with E-state index in [1.54, 1.807) is 10.9 Å². The number of imidazole rings is 1. The first-order valence-electron chi connectivity index (χ1n) is 18.5. The highest BCUT2D eigenvalue weighted by Crippen LogP contribution is 2.41. The van der Waals surface area contributed by atoms with E-state index in [1.807, 2.05) is 109 Å². The molecule has 8 nitrogen and oxygen atoms in total. The van der Waals surface area contributed by atoms with Crippen LogP contribution in [0.15, 0.2) is 193 Å². The van der Waals surface area contributed by atoms with Crippen LogP contribution in [-0.4, -0.2) is 37.3 Å². The lowest BCUT2D eigenvalue weighted by molar-refractivity contribution is -0.00732. The summed E-state index contributed by atoms with van der Waals surface area (Å²) in [6.07, 6.45) is 1.05. The minimum absolute atomic E-state index is 0.159. The first-order valence-corrected chi connectivity index (χ1v) is 18.5. The van der Waals surface area contributed by atoms with Gasteiger partial charge in [-0.3, -0.25) is 9.78 Å². The van der Waals surface area contributed by atoms with Crippen molar-refractivity contribution in [3.8, 4) is 0 Å². The predicted octanol–water partition coefficient (Wildman–Crippen LogP) is 8.28. The maximum Gasteiger partial charge on any atom is 0.280 e.